The second-order valence-electron chi connectivity index (χ2n) is 22.2. The summed E-state index contributed by atoms with van der Waals surface area (Å²) in [5.74, 6) is -3.45. The van der Waals surface area contributed by atoms with Crippen molar-refractivity contribution in [2.75, 3.05) is 105 Å². The van der Waals surface area contributed by atoms with E-state index in [1.807, 2.05) is 11.8 Å². The Morgan fingerprint density at radius 2 is 1.36 bits per heavy atom. The lowest BCUT2D eigenvalue weighted by Gasteiger charge is -2.42. The summed E-state index contributed by atoms with van der Waals surface area (Å²) >= 11 is 1.88. The van der Waals surface area contributed by atoms with Crippen LogP contribution >= 0.6 is 11.8 Å². The van der Waals surface area contributed by atoms with Crippen LogP contribution in [-0.4, -0.2) is 238 Å². The maximum atomic E-state index is 13.5. The number of fused-ring (bicyclic) bond motifs is 1. The number of primary amides is 1. The van der Waals surface area contributed by atoms with Crippen LogP contribution < -0.4 is 53.6 Å². The number of rotatable bonds is 48. The van der Waals surface area contributed by atoms with Crippen LogP contribution in [0.15, 0.2) is 0 Å². The van der Waals surface area contributed by atoms with Crippen LogP contribution in [0.1, 0.15) is 125 Å². The molecule has 0 aromatic rings. The molecule has 0 aromatic carbocycles. The molecule has 3 fully saturated rings. The molecule has 11 atom stereocenters. The lowest BCUT2D eigenvalue weighted by Crippen LogP contribution is -2.65. The van der Waals surface area contributed by atoms with Crippen LogP contribution in [-0.2, 0) is 71.6 Å². The summed E-state index contributed by atoms with van der Waals surface area (Å²) in [5, 5.41) is 56.2. The third kappa shape index (κ3) is 27.9. The van der Waals surface area contributed by atoms with Crippen LogP contribution in [0, 0.1) is 5.92 Å². The van der Waals surface area contributed by atoms with Gasteiger partial charge in [-0.1, -0.05) is 26.2 Å². The Bertz CT molecular complexity index is 2160. The Balaban J connectivity index is 1.33. The van der Waals surface area contributed by atoms with Gasteiger partial charge >= 0.3 is 6.03 Å². The highest BCUT2D eigenvalue weighted by molar-refractivity contribution is 8.00. The number of urea groups is 1. The van der Waals surface area contributed by atoms with Crippen molar-refractivity contribution in [3.05, 3.63) is 0 Å². The first-order chi connectivity index (χ1) is 41.0. The molecule has 0 bridgehead atoms. The molecule has 0 spiro atoms. The van der Waals surface area contributed by atoms with E-state index >= 15 is 0 Å². The van der Waals surface area contributed by atoms with E-state index in [0.29, 0.717) is 63.3 Å². The summed E-state index contributed by atoms with van der Waals surface area (Å²) in [6.45, 7) is 8.80. The molecule has 0 radical (unpaired) electrons. The topological polar surface area (TPSA) is 421 Å². The summed E-state index contributed by atoms with van der Waals surface area (Å²) in [6, 6.07) is -3.37. The third-order valence-corrected chi connectivity index (χ3v) is 16.8. The molecule has 0 aliphatic carbocycles. The summed E-state index contributed by atoms with van der Waals surface area (Å²) in [7, 11) is 0. The van der Waals surface area contributed by atoms with Crippen molar-refractivity contribution in [2.24, 2.45) is 11.7 Å². The molecule has 492 valence electrons. The van der Waals surface area contributed by atoms with Crippen LogP contribution in [0.3, 0.4) is 0 Å². The number of thioether (sulfide) groups is 1. The first kappa shape index (κ1) is 75.1. The molecule has 3 saturated heterocycles. The van der Waals surface area contributed by atoms with E-state index in [1.165, 1.54) is 13.8 Å². The molecule has 3 heterocycles. The standard InChI is InChI=1S/C56H98N10O19S/c1-6-14-45(72)64-41(33-84-53-47(63-37(3)69)49(75)48(74)42(31-67)85-53)52(78)61-20-12-10-15-38(51(77)60-19-13-11-16-40(50(57)76)62-30-36(2)68)29-39(70)32-82-27-25-81-24-22-59-46(73)34-83-28-26-80-23-21-58-44(71)18-9-7-8-17-43-56(5)55(4,35-86-43)65-54(79)66-56/h38,40-43,47-49,53,62,67,74-75H,6-35H2,1-5H3,(H2,57,76)(H,58,71)(H,59,73)(H,60,77)(H,61,78)(H,63,69)(H,64,72)(H2,65,66,79)/t38-,40+,41+,42?,43+,47?,48?,49?,53?,55+,56-/m1/s1. The minimum absolute atomic E-state index is 0.0126. The van der Waals surface area contributed by atoms with Gasteiger partial charge in [0.05, 0.1) is 76.5 Å². The lowest BCUT2D eigenvalue weighted by atomic mass is 9.79. The lowest BCUT2D eigenvalue weighted by molar-refractivity contribution is -0.271. The van der Waals surface area contributed by atoms with E-state index in [2.05, 4.69) is 61.7 Å². The first-order valence-corrected chi connectivity index (χ1v) is 31.0. The number of unbranched alkanes of at least 4 members (excludes halogenated alkanes) is 4. The van der Waals surface area contributed by atoms with Gasteiger partial charge in [0, 0.05) is 69.3 Å². The van der Waals surface area contributed by atoms with Gasteiger partial charge in [-0.05, 0) is 72.1 Å². The van der Waals surface area contributed by atoms with E-state index < -0.39 is 85.5 Å². The number of nitrogens with one attached hydrogen (secondary N) is 9. The van der Waals surface area contributed by atoms with Crippen molar-refractivity contribution >= 4 is 70.7 Å². The van der Waals surface area contributed by atoms with E-state index in [4.69, 9.17) is 34.2 Å². The van der Waals surface area contributed by atoms with Crippen molar-refractivity contribution in [1.82, 2.24) is 47.9 Å². The summed E-state index contributed by atoms with van der Waals surface area (Å²) in [4.78, 5) is 124. The van der Waals surface area contributed by atoms with Gasteiger partial charge < -0.3 is 92.0 Å². The third-order valence-electron chi connectivity index (χ3n) is 15.0. The van der Waals surface area contributed by atoms with Crippen LogP contribution in [0.2, 0.25) is 0 Å². The number of hydrogen-bond donors (Lipinski definition) is 13. The molecule has 3 aliphatic heterocycles. The second kappa shape index (κ2) is 41.1. The number of nitrogens with two attached hydrogens (primary N) is 1. The number of aliphatic hydroxyl groups excluding tert-OH is 3. The molecule has 0 saturated carbocycles. The molecule has 0 aromatic heterocycles. The molecule has 14 N–H and O–H groups in total. The normalized spacial score (nSPS) is 23.4. The maximum Gasteiger partial charge on any atom is 0.315 e. The largest absolute Gasteiger partial charge is 0.394 e. The molecule has 3 rings (SSSR count). The van der Waals surface area contributed by atoms with Gasteiger partial charge in [-0.15, -0.1) is 0 Å². The number of carbonyl (C=O) groups excluding carboxylic acids is 10. The zero-order chi connectivity index (χ0) is 63.5. The van der Waals surface area contributed by atoms with Gasteiger partial charge in [0.15, 0.2) is 12.1 Å². The average Bonchev–Trinajstić information content (AvgIpc) is 4.05. The predicted octanol–water partition coefficient (Wildman–Crippen LogP) is -2.39. The highest BCUT2D eigenvalue weighted by Gasteiger charge is 2.60. The fraction of sp³-hybridized carbons (Fsp3) is 0.821. The number of aliphatic hydroxyl groups is 3. The number of hydrogen-bond acceptors (Lipinski definition) is 21. The maximum absolute atomic E-state index is 13.5. The quantitative estimate of drug-likeness (QED) is 0.0223. The molecular weight excluding hydrogens is 1150 g/mol. The van der Waals surface area contributed by atoms with Gasteiger partial charge in [0.25, 0.3) is 0 Å². The SMILES string of the molecule is CCCC(=O)N[C@@H](COC1OC(CO)C(O)C(O)C1NC(C)=O)C(=O)NCCCC[C@H](CC(=O)COCCOCCNC(=O)COCCOCCNC(=O)CCCCC[C@@H]1SC[C@]2(C)NC(=O)N[C@]12C)C(=O)NCCCC[C@H](NCC(C)=O)C(N)=O. The van der Waals surface area contributed by atoms with Gasteiger partial charge in [0.1, 0.15) is 49.4 Å². The van der Waals surface area contributed by atoms with Crippen LogP contribution in [0.25, 0.3) is 0 Å². The Labute approximate surface area is 508 Å². The number of Topliss-reactive ketones (excluding diaryl/α,β-unsaturated/α-hetero) is 2. The van der Waals surface area contributed by atoms with Crippen LogP contribution in [0.4, 0.5) is 4.79 Å². The molecule has 9 amide bonds. The van der Waals surface area contributed by atoms with Crippen molar-refractivity contribution in [3.63, 3.8) is 0 Å². The molecule has 86 heavy (non-hydrogen) atoms. The number of ether oxygens (including phenoxy) is 6. The minimum Gasteiger partial charge on any atom is -0.394 e. The monoisotopic (exact) mass is 1250 g/mol. The molecule has 3 aliphatic rings. The average molecular weight is 1250 g/mol. The summed E-state index contributed by atoms with van der Waals surface area (Å²) in [5.41, 5.74) is 4.95. The molecule has 29 nitrogen and oxygen atoms in total. The Kier molecular flexibility index (Phi) is 35.9. The van der Waals surface area contributed by atoms with Crippen molar-refractivity contribution in [1.29, 1.82) is 0 Å². The van der Waals surface area contributed by atoms with E-state index in [0.717, 1.165) is 31.4 Å². The Morgan fingerprint density at radius 3 is 2.00 bits per heavy atom. The smallest absolute Gasteiger partial charge is 0.315 e. The number of ketones is 2. The predicted molar refractivity (Wildman–Crippen MR) is 314 cm³/mol. The molecular formula is C56H98N10O19S. The van der Waals surface area contributed by atoms with Gasteiger partial charge in [-0.25, -0.2) is 4.79 Å². The van der Waals surface area contributed by atoms with Gasteiger partial charge in [0.2, 0.25) is 41.4 Å². The summed E-state index contributed by atoms with van der Waals surface area (Å²) in [6.07, 6.45) is 0.939. The fourth-order valence-corrected chi connectivity index (χ4v) is 11.8. The van der Waals surface area contributed by atoms with Gasteiger partial charge in [-0.3, -0.25) is 48.5 Å². The fourth-order valence-electron chi connectivity index (χ4n) is 9.89. The Hall–Kier alpha value is -5.15. The highest BCUT2D eigenvalue weighted by atomic mass is 32.2. The second-order valence-corrected chi connectivity index (χ2v) is 23.4. The number of carbonyl (C=O) groups is 10. The first-order valence-electron chi connectivity index (χ1n) is 30.0. The van der Waals surface area contributed by atoms with E-state index in [-0.39, 0.29) is 138 Å². The zero-order valence-corrected chi connectivity index (χ0v) is 51.6. The Morgan fingerprint density at radius 1 is 0.721 bits per heavy atom. The van der Waals surface area contributed by atoms with Gasteiger partial charge in [-0.2, -0.15) is 11.8 Å². The van der Waals surface area contributed by atoms with Crippen molar-refractivity contribution < 1.29 is 91.7 Å². The minimum atomic E-state index is -1.60. The van der Waals surface area contributed by atoms with Crippen molar-refractivity contribution in [3.8, 4) is 0 Å². The van der Waals surface area contributed by atoms with Crippen LogP contribution in [0.5, 0.6) is 0 Å². The molecule has 30 heteroatoms. The van der Waals surface area contributed by atoms with Crippen molar-refractivity contribution in [2.45, 2.75) is 184 Å². The summed E-state index contributed by atoms with van der Waals surface area (Å²) < 4.78 is 33.3. The highest BCUT2D eigenvalue weighted by Crippen LogP contribution is 2.47. The zero-order valence-electron chi connectivity index (χ0n) is 50.8. The van der Waals surface area contributed by atoms with E-state index in [9.17, 15) is 63.3 Å². The molecule has 5 unspecified atom stereocenters. The van der Waals surface area contributed by atoms with E-state index in [1.54, 1.807) is 6.92 Å². The number of amides is 9.